The standard InChI is InChI=1S/C25H34N8O4/c1-25(2,3)37-24(34)29-17-7-6-16(20-21(17)36-14-35-20)19-18-22(26)27-13-28-23(18)33(30-19)11-10-32-9-8-15(12-32)31(4)5/h6-7,13,15H,8-12,14H2,1-5H3,(H,29,34)(H2,26,27,28). The van der Waals surface area contributed by atoms with Gasteiger partial charge in [-0.25, -0.2) is 19.4 Å². The number of likely N-dealkylation sites (tertiary alicyclic amines) is 1. The first-order valence-corrected chi connectivity index (χ1v) is 12.4. The van der Waals surface area contributed by atoms with Crippen molar-refractivity contribution < 1.29 is 19.0 Å². The number of ether oxygens (including phenoxy) is 3. The van der Waals surface area contributed by atoms with Gasteiger partial charge in [-0.05, 0) is 60.0 Å². The third-order valence-corrected chi connectivity index (χ3v) is 6.57. The van der Waals surface area contributed by atoms with Gasteiger partial charge in [0.15, 0.2) is 17.1 Å². The summed E-state index contributed by atoms with van der Waals surface area (Å²) >= 11 is 0. The molecule has 1 atom stereocenters. The van der Waals surface area contributed by atoms with Gasteiger partial charge in [0.1, 0.15) is 23.4 Å². The van der Waals surface area contributed by atoms with Crippen LogP contribution in [0.4, 0.5) is 16.3 Å². The summed E-state index contributed by atoms with van der Waals surface area (Å²) in [7, 11) is 4.25. The van der Waals surface area contributed by atoms with Gasteiger partial charge in [-0.1, -0.05) is 0 Å². The molecule has 3 aromatic rings. The number of benzene rings is 1. The average molecular weight is 511 g/mol. The molecule has 3 N–H and O–H groups in total. The number of nitrogens with two attached hydrogens (primary N) is 1. The summed E-state index contributed by atoms with van der Waals surface area (Å²) in [5.74, 6) is 1.22. The Kier molecular flexibility index (Phi) is 6.54. The molecular formula is C25H34N8O4. The predicted octanol–water partition coefficient (Wildman–Crippen LogP) is 2.79. The fraction of sp³-hybridized carbons (Fsp3) is 0.520. The molecule has 1 unspecified atom stereocenters. The van der Waals surface area contributed by atoms with E-state index in [1.54, 1.807) is 26.8 Å². The smallest absolute Gasteiger partial charge is 0.412 e. The molecule has 0 spiro atoms. The van der Waals surface area contributed by atoms with Crippen LogP contribution >= 0.6 is 0 Å². The molecule has 0 radical (unpaired) electrons. The van der Waals surface area contributed by atoms with E-state index >= 15 is 0 Å². The molecule has 1 fully saturated rings. The van der Waals surface area contributed by atoms with Crippen LogP contribution < -0.4 is 20.5 Å². The van der Waals surface area contributed by atoms with E-state index in [1.807, 2.05) is 10.7 Å². The number of anilines is 2. The Morgan fingerprint density at radius 3 is 2.73 bits per heavy atom. The summed E-state index contributed by atoms with van der Waals surface area (Å²) in [6.07, 6.45) is 2.03. The average Bonchev–Trinajstić information content (AvgIpc) is 3.56. The van der Waals surface area contributed by atoms with Crippen LogP contribution in [0.1, 0.15) is 27.2 Å². The van der Waals surface area contributed by atoms with Crippen molar-refractivity contribution in [3.05, 3.63) is 18.5 Å². The lowest BCUT2D eigenvalue weighted by Crippen LogP contribution is -2.32. The number of nitrogen functional groups attached to an aromatic ring is 1. The first-order valence-electron chi connectivity index (χ1n) is 12.4. The molecule has 198 valence electrons. The Labute approximate surface area is 215 Å². The van der Waals surface area contributed by atoms with Crippen LogP contribution in [0, 0.1) is 0 Å². The number of fused-ring (bicyclic) bond motifs is 2. The lowest BCUT2D eigenvalue weighted by Gasteiger charge is -2.20. The molecule has 1 amide bonds. The lowest BCUT2D eigenvalue weighted by molar-refractivity contribution is 0.0635. The van der Waals surface area contributed by atoms with E-state index in [0.29, 0.717) is 57.9 Å². The van der Waals surface area contributed by atoms with Crippen molar-refractivity contribution in [2.75, 3.05) is 51.6 Å². The van der Waals surface area contributed by atoms with E-state index in [9.17, 15) is 4.79 Å². The van der Waals surface area contributed by atoms with Gasteiger partial charge >= 0.3 is 6.09 Å². The largest absolute Gasteiger partial charge is 0.453 e. The van der Waals surface area contributed by atoms with Crippen molar-refractivity contribution in [1.29, 1.82) is 0 Å². The maximum atomic E-state index is 12.4. The molecule has 0 saturated carbocycles. The number of hydrogen-bond donors (Lipinski definition) is 2. The van der Waals surface area contributed by atoms with Gasteiger partial charge < -0.3 is 24.8 Å². The molecule has 37 heavy (non-hydrogen) atoms. The van der Waals surface area contributed by atoms with Crippen LogP contribution in [-0.2, 0) is 11.3 Å². The first-order chi connectivity index (χ1) is 17.6. The Morgan fingerprint density at radius 2 is 2.00 bits per heavy atom. The molecule has 1 saturated heterocycles. The zero-order chi connectivity index (χ0) is 26.3. The monoisotopic (exact) mass is 510 g/mol. The zero-order valence-corrected chi connectivity index (χ0v) is 21.9. The Balaban J connectivity index is 1.45. The van der Waals surface area contributed by atoms with Crippen molar-refractivity contribution in [2.45, 2.75) is 45.4 Å². The van der Waals surface area contributed by atoms with E-state index < -0.39 is 11.7 Å². The molecular weight excluding hydrogens is 476 g/mol. The number of carbonyl (C=O) groups excluding carboxylic acids is 1. The summed E-state index contributed by atoms with van der Waals surface area (Å²) in [6, 6.07) is 4.12. The van der Waals surface area contributed by atoms with Crippen LogP contribution in [0.5, 0.6) is 11.5 Å². The topological polar surface area (TPSA) is 133 Å². The molecule has 5 rings (SSSR count). The highest BCUT2D eigenvalue weighted by Gasteiger charge is 2.29. The van der Waals surface area contributed by atoms with Crippen molar-refractivity contribution in [1.82, 2.24) is 29.5 Å². The highest BCUT2D eigenvalue weighted by Crippen LogP contribution is 2.47. The third-order valence-electron chi connectivity index (χ3n) is 6.57. The van der Waals surface area contributed by atoms with E-state index in [1.165, 1.54) is 6.33 Å². The molecule has 4 heterocycles. The molecule has 0 aliphatic carbocycles. The summed E-state index contributed by atoms with van der Waals surface area (Å²) < 4.78 is 18.8. The molecule has 12 nitrogen and oxygen atoms in total. The minimum absolute atomic E-state index is 0.0158. The molecule has 1 aromatic carbocycles. The second-order valence-corrected chi connectivity index (χ2v) is 10.6. The first kappa shape index (κ1) is 25.0. The molecule has 2 aliphatic rings. The second-order valence-electron chi connectivity index (χ2n) is 10.6. The number of carbonyl (C=O) groups is 1. The maximum absolute atomic E-state index is 12.4. The van der Waals surface area contributed by atoms with Gasteiger partial charge in [-0.3, -0.25) is 10.2 Å². The Bertz CT molecular complexity index is 1320. The van der Waals surface area contributed by atoms with Crippen molar-refractivity contribution in [3.8, 4) is 22.8 Å². The van der Waals surface area contributed by atoms with E-state index in [4.69, 9.17) is 25.0 Å². The van der Waals surface area contributed by atoms with Gasteiger partial charge in [0.05, 0.1) is 17.6 Å². The van der Waals surface area contributed by atoms with Crippen molar-refractivity contribution in [2.24, 2.45) is 0 Å². The quantitative estimate of drug-likeness (QED) is 0.510. The highest BCUT2D eigenvalue weighted by atomic mass is 16.7. The predicted molar refractivity (Wildman–Crippen MR) is 140 cm³/mol. The van der Waals surface area contributed by atoms with Crippen LogP contribution in [-0.4, -0.2) is 87.8 Å². The number of rotatable bonds is 6. The molecule has 12 heteroatoms. The van der Waals surface area contributed by atoms with Crippen molar-refractivity contribution in [3.63, 3.8) is 0 Å². The fourth-order valence-electron chi connectivity index (χ4n) is 4.74. The summed E-state index contributed by atoms with van der Waals surface area (Å²) in [5.41, 5.74) is 8.08. The summed E-state index contributed by atoms with van der Waals surface area (Å²) in [6.45, 7) is 9.01. The van der Waals surface area contributed by atoms with E-state index in [2.05, 4.69) is 39.2 Å². The van der Waals surface area contributed by atoms with Gasteiger partial charge in [0.25, 0.3) is 0 Å². The number of nitrogens with zero attached hydrogens (tertiary/aromatic N) is 6. The van der Waals surface area contributed by atoms with Crippen LogP contribution in [0.2, 0.25) is 0 Å². The molecule has 2 aromatic heterocycles. The number of hydrogen-bond acceptors (Lipinski definition) is 10. The van der Waals surface area contributed by atoms with Gasteiger partial charge in [-0.15, -0.1) is 0 Å². The number of amides is 1. The molecule has 2 aliphatic heterocycles. The second kappa shape index (κ2) is 9.67. The summed E-state index contributed by atoms with van der Waals surface area (Å²) in [5, 5.41) is 8.30. The number of likely N-dealkylation sites (N-methyl/N-ethyl adjacent to an activating group) is 1. The minimum Gasteiger partial charge on any atom is -0.453 e. The lowest BCUT2D eigenvalue weighted by atomic mass is 10.1. The Hall–Kier alpha value is -3.64. The van der Waals surface area contributed by atoms with Gasteiger partial charge in [0.2, 0.25) is 6.79 Å². The fourth-order valence-corrected chi connectivity index (χ4v) is 4.74. The van der Waals surface area contributed by atoms with E-state index in [0.717, 1.165) is 26.1 Å². The summed E-state index contributed by atoms with van der Waals surface area (Å²) in [4.78, 5) is 25.8. The maximum Gasteiger partial charge on any atom is 0.412 e. The van der Waals surface area contributed by atoms with Gasteiger partial charge in [0, 0.05) is 24.7 Å². The SMILES string of the molecule is CN(C)C1CCN(CCn2nc(-c3ccc(NC(=O)OC(C)(C)C)c4c3OCO4)c3c(N)ncnc32)C1. The van der Waals surface area contributed by atoms with Gasteiger partial charge in [-0.2, -0.15) is 5.10 Å². The third kappa shape index (κ3) is 5.12. The molecule has 0 bridgehead atoms. The normalized spacial score (nSPS) is 17.6. The Morgan fingerprint density at radius 1 is 1.22 bits per heavy atom. The van der Waals surface area contributed by atoms with Crippen LogP contribution in [0.15, 0.2) is 18.5 Å². The van der Waals surface area contributed by atoms with Crippen molar-refractivity contribution >= 4 is 28.6 Å². The minimum atomic E-state index is -0.629. The van der Waals surface area contributed by atoms with Crippen LogP contribution in [0.3, 0.4) is 0 Å². The number of aromatic nitrogens is 4. The zero-order valence-electron chi connectivity index (χ0n) is 21.9. The highest BCUT2D eigenvalue weighted by molar-refractivity contribution is 6.01. The number of nitrogens with one attached hydrogen (secondary N) is 1. The van der Waals surface area contributed by atoms with E-state index in [-0.39, 0.29) is 6.79 Å². The van der Waals surface area contributed by atoms with Crippen LogP contribution in [0.25, 0.3) is 22.3 Å².